The zero-order valence-corrected chi connectivity index (χ0v) is 21.0. The third-order valence-corrected chi connectivity index (χ3v) is 5.65. The maximum Gasteiger partial charge on any atom is 0.410 e. The van der Waals surface area contributed by atoms with E-state index >= 15 is 0 Å². The van der Waals surface area contributed by atoms with Crippen molar-refractivity contribution in [1.82, 2.24) is 9.80 Å². The van der Waals surface area contributed by atoms with E-state index in [1.165, 1.54) is 30.2 Å². The van der Waals surface area contributed by atoms with E-state index in [-0.39, 0.29) is 17.6 Å². The molecule has 0 saturated carbocycles. The number of methoxy groups -OCH3 is 1. The average Bonchev–Trinajstić information content (AvgIpc) is 2.83. The first kappa shape index (κ1) is 26.3. The lowest BCUT2D eigenvalue weighted by Gasteiger charge is -2.38. The maximum atomic E-state index is 13.8. The number of piperazine rings is 1. The lowest BCUT2D eigenvalue weighted by molar-refractivity contribution is 0.0172. The fourth-order valence-electron chi connectivity index (χ4n) is 3.55. The van der Waals surface area contributed by atoms with E-state index in [2.05, 4.69) is 0 Å². The van der Waals surface area contributed by atoms with Crippen LogP contribution in [0, 0.1) is 5.82 Å². The van der Waals surface area contributed by atoms with Crippen LogP contribution in [-0.2, 0) is 16.0 Å². The minimum atomic E-state index is -0.605. The predicted molar refractivity (Wildman–Crippen MR) is 130 cm³/mol. The summed E-state index contributed by atoms with van der Waals surface area (Å²) in [5, 5.41) is -0.101. The summed E-state index contributed by atoms with van der Waals surface area (Å²) >= 11 is 5.99. The average molecular weight is 506 g/mol. The Labute approximate surface area is 209 Å². The van der Waals surface area contributed by atoms with Gasteiger partial charge in [0.05, 0.1) is 24.2 Å². The number of amides is 3. The van der Waals surface area contributed by atoms with Gasteiger partial charge >= 0.3 is 18.1 Å². The number of carbonyl (C=O) groups excluding carboxylic acids is 3. The van der Waals surface area contributed by atoms with Crippen molar-refractivity contribution in [2.75, 3.05) is 38.2 Å². The van der Waals surface area contributed by atoms with Gasteiger partial charge in [0.25, 0.3) is 0 Å². The first-order valence-corrected chi connectivity index (χ1v) is 11.5. The summed E-state index contributed by atoms with van der Waals surface area (Å²) < 4.78 is 23.9. The van der Waals surface area contributed by atoms with Crippen LogP contribution < -0.4 is 4.90 Å². The van der Waals surface area contributed by atoms with Crippen LogP contribution in [0.4, 0.5) is 19.7 Å². The Hall–Kier alpha value is -3.33. The molecule has 1 aliphatic heterocycles. The summed E-state index contributed by atoms with van der Waals surface area (Å²) in [6.45, 7) is 6.83. The Morgan fingerprint density at radius 3 is 2.14 bits per heavy atom. The number of benzene rings is 2. The van der Waals surface area contributed by atoms with Crippen LogP contribution in [0.15, 0.2) is 42.5 Å². The van der Waals surface area contributed by atoms with E-state index in [1.807, 2.05) is 0 Å². The SMILES string of the molecule is COC(=O)c1ccc(CN(C(=O)N2CCN(C(=O)OC(C)(C)C)CC2)c2ccc(F)c(Cl)c2)cc1. The van der Waals surface area contributed by atoms with E-state index in [4.69, 9.17) is 21.1 Å². The number of hydrogen-bond donors (Lipinski definition) is 0. The van der Waals surface area contributed by atoms with Crippen LogP contribution in [0.2, 0.25) is 5.02 Å². The van der Waals surface area contributed by atoms with E-state index in [0.29, 0.717) is 37.4 Å². The van der Waals surface area contributed by atoms with E-state index < -0.39 is 23.5 Å². The third kappa shape index (κ3) is 6.85. The number of rotatable bonds is 4. The molecule has 2 aromatic carbocycles. The highest BCUT2D eigenvalue weighted by Gasteiger charge is 2.30. The van der Waals surface area contributed by atoms with Crippen molar-refractivity contribution < 1.29 is 28.2 Å². The fraction of sp³-hybridized carbons (Fsp3) is 0.400. The van der Waals surface area contributed by atoms with Gasteiger partial charge in [-0.05, 0) is 56.7 Å². The summed E-state index contributed by atoms with van der Waals surface area (Å²) in [5.41, 5.74) is 0.954. The second kappa shape index (κ2) is 10.9. The van der Waals surface area contributed by atoms with Crippen LogP contribution in [0.5, 0.6) is 0 Å². The monoisotopic (exact) mass is 505 g/mol. The van der Waals surface area contributed by atoms with Crippen molar-refractivity contribution in [3.8, 4) is 0 Å². The Bertz CT molecular complexity index is 1080. The molecule has 188 valence electrons. The molecule has 0 unspecified atom stereocenters. The molecular weight excluding hydrogens is 477 g/mol. The van der Waals surface area contributed by atoms with Gasteiger partial charge in [-0.3, -0.25) is 4.90 Å². The Morgan fingerprint density at radius 1 is 1.00 bits per heavy atom. The number of ether oxygens (including phenoxy) is 2. The van der Waals surface area contributed by atoms with Crippen molar-refractivity contribution in [3.05, 3.63) is 64.4 Å². The summed E-state index contributed by atoms with van der Waals surface area (Å²) in [6, 6.07) is 10.4. The molecule has 1 fully saturated rings. The molecule has 1 saturated heterocycles. The minimum Gasteiger partial charge on any atom is -0.465 e. The lowest BCUT2D eigenvalue weighted by atomic mass is 10.1. The molecule has 0 N–H and O–H groups in total. The molecular formula is C25H29ClFN3O5. The molecule has 1 aliphatic rings. The van der Waals surface area contributed by atoms with Gasteiger partial charge in [0.1, 0.15) is 11.4 Å². The second-order valence-electron chi connectivity index (χ2n) is 9.11. The highest BCUT2D eigenvalue weighted by atomic mass is 35.5. The predicted octanol–water partition coefficient (Wildman–Crippen LogP) is 4.95. The fourth-order valence-corrected chi connectivity index (χ4v) is 3.72. The number of hydrogen-bond acceptors (Lipinski definition) is 5. The first-order valence-electron chi connectivity index (χ1n) is 11.1. The Balaban J connectivity index is 1.78. The highest BCUT2D eigenvalue weighted by molar-refractivity contribution is 6.31. The van der Waals surface area contributed by atoms with Gasteiger partial charge in [0.2, 0.25) is 0 Å². The van der Waals surface area contributed by atoms with Crippen molar-refractivity contribution in [1.29, 1.82) is 0 Å². The highest BCUT2D eigenvalue weighted by Crippen LogP contribution is 2.26. The topological polar surface area (TPSA) is 79.4 Å². The summed E-state index contributed by atoms with van der Waals surface area (Å²) in [7, 11) is 1.30. The van der Waals surface area contributed by atoms with Crippen molar-refractivity contribution in [3.63, 3.8) is 0 Å². The molecule has 3 rings (SSSR count). The van der Waals surface area contributed by atoms with Gasteiger partial charge in [-0.15, -0.1) is 0 Å². The minimum absolute atomic E-state index is 0.101. The lowest BCUT2D eigenvalue weighted by Crippen LogP contribution is -2.54. The maximum absolute atomic E-state index is 13.8. The van der Waals surface area contributed by atoms with Crippen molar-refractivity contribution in [2.24, 2.45) is 0 Å². The van der Waals surface area contributed by atoms with Gasteiger partial charge in [-0.1, -0.05) is 23.7 Å². The van der Waals surface area contributed by atoms with Crippen LogP contribution in [0.1, 0.15) is 36.7 Å². The molecule has 35 heavy (non-hydrogen) atoms. The van der Waals surface area contributed by atoms with E-state index in [9.17, 15) is 18.8 Å². The third-order valence-electron chi connectivity index (χ3n) is 5.36. The number of carbonyl (C=O) groups is 3. The normalized spacial score (nSPS) is 13.9. The van der Waals surface area contributed by atoms with Crippen molar-refractivity contribution >= 4 is 35.4 Å². The Kier molecular flexibility index (Phi) is 8.22. The number of anilines is 1. The van der Waals surface area contributed by atoms with Crippen molar-refractivity contribution in [2.45, 2.75) is 32.9 Å². The van der Waals surface area contributed by atoms with Crippen LogP contribution in [-0.4, -0.2) is 66.8 Å². The number of urea groups is 1. The van der Waals surface area contributed by atoms with E-state index in [1.54, 1.807) is 54.8 Å². The molecule has 3 amide bonds. The van der Waals surface area contributed by atoms with Crippen LogP contribution in [0.25, 0.3) is 0 Å². The first-order chi connectivity index (χ1) is 16.5. The molecule has 1 heterocycles. The van der Waals surface area contributed by atoms with Gasteiger partial charge in [0, 0.05) is 31.9 Å². The molecule has 0 aromatic heterocycles. The summed E-state index contributed by atoms with van der Waals surface area (Å²) in [5.74, 6) is -1.05. The quantitative estimate of drug-likeness (QED) is 0.550. The number of halogens is 2. The molecule has 8 nitrogen and oxygen atoms in total. The molecule has 0 bridgehead atoms. The Morgan fingerprint density at radius 2 is 1.60 bits per heavy atom. The zero-order chi connectivity index (χ0) is 25.8. The second-order valence-corrected chi connectivity index (χ2v) is 9.52. The number of esters is 1. The molecule has 0 aliphatic carbocycles. The van der Waals surface area contributed by atoms with Crippen LogP contribution >= 0.6 is 11.6 Å². The van der Waals surface area contributed by atoms with Gasteiger partial charge in [-0.25, -0.2) is 18.8 Å². The molecule has 0 radical (unpaired) electrons. The van der Waals surface area contributed by atoms with E-state index in [0.717, 1.165) is 5.56 Å². The molecule has 0 spiro atoms. The molecule has 0 atom stereocenters. The largest absolute Gasteiger partial charge is 0.465 e. The van der Waals surface area contributed by atoms with Gasteiger partial charge in [-0.2, -0.15) is 0 Å². The standard InChI is InChI=1S/C25H29ClFN3O5/c1-25(2,3)35-24(33)29-13-11-28(12-14-29)23(32)30(19-9-10-21(27)20(26)15-19)16-17-5-7-18(8-6-17)22(31)34-4/h5-10,15H,11-14,16H2,1-4H3. The summed E-state index contributed by atoms with van der Waals surface area (Å²) in [4.78, 5) is 42.3. The smallest absolute Gasteiger partial charge is 0.410 e. The van der Waals surface area contributed by atoms with Crippen LogP contribution in [0.3, 0.4) is 0 Å². The number of nitrogens with zero attached hydrogens (tertiary/aromatic N) is 3. The molecule has 10 heteroatoms. The molecule has 2 aromatic rings. The zero-order valence-electron chi connectivity index (χ0n) is 20.2. The van der Waals surface area contributed by atoms with Gasteiger partial charge in [0.15, 0.2) is 0 Å². The van der Waals surface area contributed by atoms with Gasteiger partial charge < -0.3 is 19.3 Å². The summed E-state index contributed by atoms with van der Waals surface area (Å²) in [6.07, 6.45) is -0.419.